The molecule has 6 heteroatoms. The molecule has 0 bridgehead atoms. The van der Waals surface area contributed by atoms with Gasteiger partial charge in [-0.25, -0.2) is 0 Å². The summed E-state index contributed by atoms with van der Waals surface area (Å²) in [4.78, 5) is 2.58. The van der Waals surface area contributed by atoms with E-state index in [2.05, 4.69) is 137 Å². The molecule has 0 aromatic rings. The molecule has 7 atom stereocenters. The summed E-state index contributed by atoms with van der Waals surface area (Å²) >= 11 is 0. The number of hydrogen-bond acceptors (Lipinski definition) is 6. The van der Waals surface area contributed by atoms with Crippen molar-refractivity contribution in [1.29, 1.82) is 0 Å². The maximum atomic E-state index is 5.96. The van der Waals surface area contributed by atoms with Crippen molar-refractivity contribution in [3.05, 3.63) is 73.5 Å². The lowest BCUT2D eigenvalue weighted by molar-refractivity contribution is 0.244. The fourth-order valence-corrected chi connectivity index (χ4v) is 7.13. The highest BCUT2D eigenvalue weighted by atomic mass is 15.2. The van der Waals surface area contributed by atoms with Crippen molar-refractivity contribution in [2.75, 3.05) is 20.1 Å². The number of likely N-dealkylation sites (tertiary alicyclic amines) is 1. The molecule has 322 valence electrons. The predicted octanol–water partition coefficient (Wildman–Crippen LogP) is 12.2. The Morgan fingerprint density at radius 2 is 1.45 bits per heavy atom. The molecule has 0 aromatic heterocycles. The summed E-state index contributed by atoms with van der Waals surface area (Å²) in [6.45, 7) is 52.4. The minimum absolute atomic E-state index is 0.335. The predicted molar refractivity (Wildman–Crippen MR) is 249 cm³/mol. The van der Waals surface area contributed by atoms with E-state index in [0.717, 1.165) is 60.9 Å². The van der Waals surface area contributed by atoms with E-state index in [1.54, 1.807) is 6.92 Å². The Hall–Kier alpha value is -2.60. The van der Waals surface area contributed by atoms with Crippen LogP contribution >= 0.6 is 0 Å². The van der Waals surface area contributed by atoms with Gasteiger partial charge in [0.25, 0.3) is 0 Å². The minimum Gasteiger partial charge on any atom is -0.403 e. The minimum atomic E-state index is 0.335. The van der Waals surface area contributed by atoms with Gasteiger partial charge < -0.3 is 32.3 Å². The number of fused-ring (bicyclic) bond motifs is 1. The molecule has 2 saturated carbocycles. The molecule has 1 saturated heterocycles. The van der Waals surface area contributed by atoms with Crippen LogP contribution in [0.15, 0.2) is 73.5 Å². The molecule has 6 nitrogen and oxygen atoms in total. The molecular formula is C49H96N6. The van der Waals surface area contributed by atoms with Gasteiger partial charge in [-0.1, -0.05) is 153 Å². The lowest BCUT2D eigenvalue weighted by atomic mass is 9.79. The number of piperidine rings is 1. The van der Waals surface area contributed by atoms with E-state index in [0.29, 0.717) is 40.9 Å². The Morgan fingerprint density at radius 1 is 0.891 bits per heavy atom. The summed E-state index contributed by atoms with van der Waals surface area (Å²) in [5, 5.41) is 10.5. The van der Waals surface area contributed by atoms with Gasteiger partial charge in [0.1, 0.15) is 0 Å². The summed E-state index contributed by atoms with van der Waals surface area (Å²) in [6, 6.07) is 1.18. The maximum absolute atomic E-state index is 5.96. The number of unbranched alkanes of at least 4 members (excludes halogenated alkanes) is 2. The molecule has 3 rings (SSSR count). The first kappa shape index (κ1) is 54.5. The third kappa shape index (κ3) is 24.6. The van der Waals surface area contributed by atoms with Crippen LogP contribution in [0, 0.1) is 35.0 Å². The highest BCUT2D eigenvalue weighted by Crippen LogP contribution is 2.52. The number of rotatable bonds is 20. The second-order valence-electron chi connectivity index (χ2n) is 18.2. The summed E-state index contributed by atoms with van der Waals surface area (Å²) in [5.74, 6) is 3.86. The van der Waals surface area contributed by atoms with Gasteiger partial charge >= 0.3 is 0 Å². The first-order chi connectivity index (χ1) is 25.6. The summed E-state index contributed by atoms with van der Waals surface area (Å²) in [6.07, 6.45) is 16.2. The molecule has 0 spiro atoms. The van der Waals surface area contributed by atoms with Crippen molar-refractivity contribution in [2.45, 2.75) is 185 Å². The second kappa shape index (κ2) is 29.6. The lowest BCUT2D eigenvalue weighted by Gasteiger charge is -2.38. The zero-order chi connectivity index (χ0) is 42.9. The molecule has 2 aliphatic carbocycles. The molecule has 7 N–H and O–H groups in total. The van der Waals surface area contributed by atoms with E-state index in [1.807, 2.05) is 6.92 Å². The summed E-state index contributed by atoms with van der Waals surface area (Å²) < 4.78 is 0. The third-order valence-corrected chi connectivity index (χ3v) is 11.4. The molecule has 5 unspecified atom stereocenters. The molecule has 3 aliphatic rings. The van der Waals surface area contributed by atoms with Gasteiger partial charge in [-0.2, -0.15) is 0 Å². The van der Waals surface area contributed by atoms with Gasteiger partial charge in [0.05, 0.1) is 6.04 Å². The van der Waals surface area contributed by atoms with E-state index >= 15 is 0 Å². The third-order valence-electron chi connectivity index (χ3n) is 11.4. The number of nitrogens with zero attached hydrogens (tertiary/aromatic N) is 1. The summed E-state index contributed by atoms with van der Waals surface area (Å²) in [7, 11) is 2.11. The Labute approximate surface area is 344 Å². The van der Waals surface area contributed by atoms with Crippen molar-refractivity contribution >= 4 is 0 Å². The SMILES string of the molecule is C=C(C)N.C=C(C)NCC.C=C(N)C(=C)CC(CC1CCC1)NC(=C)C1[C@H]2C[C@H]2CN1C(=C)CC(NC)C(C)CCCCC.CCC.CCC(C)C(C)(C)C. The molecule has 0 radical (unpaired) electrons. The Balaban J connectivity index is 0. The van der Waals surface area contributed by atoms with Gasteiger partial charge in [-0.3, -0.25) is 0 Å². The highest BCUT2D eigenvalue weighted by Gasteiger charge is 2.54. The Bertz CT molecular complexity index is 1110. The molecule has 1 aliphatic heterocycles. The van der Waals surface area contributed by atoms with Crippen molar-refractivity contribution in [3.8, 4) is 0 Å². The zero-order valence-corrected chi connectivity index (χ0v) is 39.1. The normalized spacial score (nSPS) is 20.2. The average Bonchev–Trinajstić information content (AvgIpc) is 3.73. The number of nitrogens with one attached hydrogen (secondary N) is 3. The fourth-order valence-electron chi connectivity index (χ4n) is 7.13. The average molecular weight is 769 g/mol. The monoisotopic (exact) mass is 769 g/mol. The quantitative estimate of drug-likeness (QED) is 0.0626. The number of hydrogen-bond donors (Lipinski definition) is 5. The van der Waals surface area contributed by atoms with Crippen molar-refractivity contribution in [1.82, 2.24) is 20.9 Å². The smallest absolute Gasteiger partial charge is 0.0710 e. The summed E-state index contributed by atoms with van der Waals surface area (Å²) in [5.41, 5.74) is 17.1. The Morgan fingerprint density at radius 3 is 1.82 bits per heavy atom. The van der Waals surface area contributed by atoms with Crippen molar-refractivity contribution in [2.24, 2.45) is 46.5 Å². The van der Waals surface area contributed by atoms with E-state index in [4.69, 9.17) is 11.5 Å². The Kier molecular flexibility index (Phi) is 29.3. The maximum Gasteiger partial charge on any atom is 0.0710 e. The standard InChI is InChI=1S/C30H52N4.C8H18.C5H11N.C3H7N.C3H8/c1-8-9-10-12-20(2)29(32-7)16-22(4)34-19-26-18-28(26)30(34)24(6)33-27(15-21(3)23(5)31)17-25-13-11-14-25;1-6-7(2)8(3,4)5;1-4-6-5(2)3;1-3(2)4;1-3-2/h20,25-30,32-33H,3-6,8-19,31H2,1-2,7H3;7H,6H2,1-5H3;6H,2,4H2,1,3H3;1,4H2,2H3;3H2,1-2H3/t20?,26-,27?,28-,29?,30?;;;;/m0..../s1. The number of nitrogens with two attached hydrogens (primary N) is 2. The van der Waals surface area contributed by atoms with Gasteiger partial charge in [0.2, 0.25) is 0 Å². The van der Waals surface area contributed by atoms with Crippen LogP contribution in [-0.4, -0.2) is 43.2 Å². The zero-order valence-electron chi connectivity index (χ0n) is 39.1. The van der Waals surface area contributed by atoms with Gasteiger partial charge in [0, 0.05) is 54.4 Å². The van der Waals surface area contributed by atoms with E-state index in [9.17, 15) is 0 Å². The molecule has 0 amide bonds. The van der Waals surface area contributed by atoms with Crippen LogP contribution in [0.4, 0.5) is 0 Å². The van der Waals surface area contributed by atoms with Crippen LogP contribution in [0.3, 0.4) is 0 Å². The van der Waals surface area contributed by atoms with Crippen molar-refractivity contribution < 1.29 is 0 Å². The van der Waals surface area contributed by atoms with Crippen LogP contribution in [0.5, 0.6) is 0 Å². The van der Waals surface area contributed by atoms with Gasteiger partial charge in [-0.05, 0) is 99.8 Å². The fraction of sp³-hybridized carbons (Fsp3) is 0.755. The van der Waals surface area contributed by atoms with E-state index < -0.39 is 0 Å². The van der Waals surface area contributed by atoms with Crippen molar-refractivity contribution in [3.63, 3.8) is 0 Å². The second-order valence-corrected chi connectivity index (χ2v) is 18.2. The first-order valence-corrected chi connectivity index (χ1v) is 22.1. The molecule has 0 aromatic carbocycles. The van der Waals surface area contributed by atoms with Crippen LogP contribution < -0.4 is 27.4 Å². The lowest BCUT2D eigenvalue weighted by Crippen LogP contribution is -2.43. The first-order valence-electron chi connectivity index (χ1n) is 22.1. The van der Waals surface area contributed by atoms with Crippen LogP contribution in [0.1, 0.15) is 167 Å². The largest absolute Gasteiger partial charge is 0.403 e. The molecule has 3 fully saturated rings. The van der Waals surface area contributed by atoms with E-state index in [1.165, 1.54) is 82.0 Å². The van der Waals surface area contributed by atoms with E-state index in [-0.39, 0.29) is 0 Å². The highest BCUT2D eigenvalue weighted by molar-refractivity contribution is 5.26. The van der Waals surface area contributed by atoms with Crippen LogP contribution in [0.2, 0.25) is 0 Å². The topological polar surface area (TPSA) is 91.4 Å². The molecular weight excluding hydrogens is 673 g/mol. The van der Waals surface area contributed by atoms with Gasteiger partial charge in [0.15, 0.2) is 0 Å². The van der Waals surface area contributed by atoms with Crippen LogP contribution in [0.25, 0.3) is 0 Å². The van der Waals surface area contributed by atoms with Gasteiger partial charge in [-0.15, -0.1) is 0 Å². The molecule has 1 heterocycles. The van der Waals surface area contributed by atoms with Crippen LogP contribution in [-0.2, 0) is 0 Å². The number of allylic oxidation sites excluding steroid dienone is 3. The molecule has 55 heavy (non-hydrogen) atoms.